The van der Waals surface area contributed by atoms with E-state index in [1.54, 1.807) is 29.7 Å². The monoisotopic (exact) mass is 583 g/mol. The molecule has 1 aliphatic carbocycles. The molecule has 4 rings (SSSR count). The first-order chi connectivity index (χ1) is 19.8. The number of hydrogen-bond acceptors (Lipinski definition) is 8. The van der Waals surface area contributed by atoms with Gasteiger partial charge in [-0.15, -0.1) is 11.8 Å². The summed E-state index contributed by atoms with van der Waals surface area (Å²) in [5, 5.41) is 13.1. The molecule has 11 nitrogen and oxygen atoms in total. The summed E-state index contributed by atoms with van der Waals surface area (Å²) in [7, 11) is 0. The van der Waals surface area contributed by atoms with Crippen molar-refractivity contribution in [2.45, 2.75) is 68.2 Å². The normalized spacial score (nSPS) is 16.6. The molecule has 0 radical (unpaired) electrons. The number of nitrogens with one attached hydrogen (secondary N) is 1. The van der Waals surface area contributed by atoms with E-state index in [1.807, 2.05) is 30.3 Å². The smallest absolute Gasteiger partial charge is 0.409 e. The van der Waals surface area contributed by atoms with Crippen LogP contribution in [0.1, 0.15) is 62.4 Å². The minimum Gasteiger partial charge on any atom is -0.481 e. The SMILES string of the molecule is CCOC(=O)N1CCN(C(=O)C(CCC(=O)O)NC(=O)c2cc(SC3CCCCC3)nc(-c3ccccc3)n2)CC1. The molecular formula is C29H37N5O6S. The zero-order valence-electron chi connectivity index (χ0n) is 23.3. The van der Waals surface area contributed by atoms with Crippen molar-refractivity contribution in [1.29, 1.82) is 0 Å². The maximum Gasteiger partial charge on any atom is 0.409 e. The lowest BCUT2D eigenvalue weighted by Gasteiger charge is -2.35. The van der Waals surface area contributed by atoms with Crippen molar-refractivity contribution in [2.75, 3.05) is 32.8 Å². The summed E-state index contributed by atoms with van der Waals surface area (Å²) >= 11 is 1.65. The van der Waals surface area contributed by atoms with Gasteiger partial charge < -0.3 is 25.0 Å². The van der Waals surface area contributed by atoms with Gasteiger partial charge in [-0.1, -0.05) is 49.6 Å². The third-order valence-electron chi connectivity index (χ3n) is 7.17. The van der Waals surface area contributed by atoms with E-state index in [0.717, 1.165) is 18.4 Å². The van der Waals surface area contributed by atoms with Crippen LogP contribution in [0.5, 0.6) is 0 Å². The van der Waals surface area contributed by atoms with Gasteiger partial charge in [0.1, 0.15) is 16.8 Å². The third-order valence-corrected chi connectivity index (χ3v) is 8.43. The van der Waals surface area contributed by atoms with Crippen LogP contribution < -0.4 is 5.32 Å². The van der Waals surface area contributed by atoms with Crippen molar-refractivity contribution < 1.29 is 29.0 Å². The van der Waals surface area contributed by atoms with Crippen LogP contribution in [0.3, 0.4) is 0 Å². The Morgan fingerprint density at radius 1 is 1.02 bits per heavy atom. The minimum atomic E-state index is -1.07. The van der Waals surface area contributed by atoms with Crippen LogP contribution in [0.2, 0.25) is 0 Å². The average Bonchev–Trinajstić information content (AvgIpc) is 2.99. The molecular weight excluding hydrogens is 546 g/mol. The largest absolute Gasteiger partial charge is 0.481 e. The van der Waals surface area contributed by atoms with Crippen LogP contribution in [-0.4, -0.2) is 92.8 Å². The second-order valence-corrected chi connectivity index (χ2v) is 11.4. The van der Waals surface area contributed by atoms with Crippen LogP contribution in [0.25, 0.3) is 11.4 Å². The van der Waals surface area contributed by atoms with Gasteiger partial charge in [-0.2, -0.15) is 0 Å². The van der Waals surface area contributed by atoms with E-state index < -0.39 is 29.9 Å². The summed E-state index contributed by atoms with van der Waals surface area (Å²) in [6.45, 7) is 3.08. The maximum absolute atomic E-state index is 13.5. The second kappa shape index (κ2) is 14.8. The molecule has 1 aromatic carbocycles. The van der Waals surface area contributed by atoms with Crippen LogP contribution in [0.15, 0.2) is 41.4 Å². The van der Waals surface area contributed by atoms with Gasteiger partial charge in [-0.25, -0.2) is 14.8 Å². The Kier molecular flexibility index (Phi) is 10.9. The van der Waals surface area contributed by atoms with Crippen molar-refractivity contribution in [1.82, 2.24) is 25.1 Å². The highest BCUT2D eigenvalue weighted by atomic mass is 32.2. The number of aliphatic carboxylic acids is 1. The highest BCUT2D eigenvalue weighted by Gasteiger charge is 2.31. The maximum atomic E-state index is 13.5. The number of thioether (sulfide) groups is 1. The van der Waals surface area contributed by atoms with Crippen LogP contribution in [0, 0.1) is 0 Å². The Morgan fingerprint density at radius 3 is 2.37 bits per heavy atom. The Balaban J connectivity index is 1.52. The molecule has 12 heteroatoms. The topological polar surface area (TPSA) is 142 Å². The number of amides is 3. The fourth-order valence-corrected chi connectivity index (χ4v) is 6.20. The molecule has 1 saturated heterocycles. The van der Waals surface area contributed by atoms with Gasteiger partial charge in [0.25, 0.3) is 5.91 Å². The van der Waals surface area contributed by atoms with Crippen molar-refractivity contribution in [3.8, 4) is 11.4 Å². The minimum absolute atomic E-state index is 0.0711. The van der Waals surface area contributed by atoms with Crippen molar-refractivity contribution in [2.24, 2.45) is 0 Å². The summed E-state index contributed by atoms with van der Waals surface area (Å²) in [5.74, 6) is -1.61. The zero-order valence-corrected chi connectivity index (χ0v) is 24.1. The summed E-state index contributed by atoms with van der Waals surface area (Å²) in [4.78, 5) is 62.7. The van der Waals surface area contributed by atoms with Gasteiger partial charge in [-0.3, -0.25) is 14.4 Å². The fraction of sp³-hybridized carbons (Fsp3) is 0.517. The standard InChI is InChI=1S/C29H37N5O6S/c1-2-40-29(39)34-17-15-33(16-18-34)28(38)22(13-14-25(35)36)31-27(37)23-19-24(41-21-11-7-4-8-12-21)32-26(30-23)20-9-5-3-6-10-20/h3,5-6,9-10,19,21-22H,2,4,7-8,11-18H2,1H3,(H,31,37)(H,35,36). The summed E-state index contributed by atoms with van der Waals surface area (Å²) in [5.41, 5.74) is 0.892. The Labute approximate surface area is 244 Å². The quantitative estimate of drug-likeness (QED) is 0.399. The van der Waals surface area contributed by atoms with Gasteiger partial charge in [0, 0.05) is 49.5 Å². The number of nitrogens with zero attached hydrogens (tertiary/aromatic N) is 4. The first-order valence-corrected chi connectivity index (χ1v) is 15.1. The molecule has 2 fully saturated rings. The van der Waals surface area contributed by atoms with Gasteiger partial charge in [0.2, 0.25) is 5.91 Å². The molecule has 2 aromatic rings. The molecule has 0 bridgehead atoms. The van der Waals surface area contributed by atoms with Crippen LogP contribution >= 0.6 is 11.8 Å². The number of carbonyl (C=O) groups excluding carboxylic acids is 3. The predicted octanol–water partition coefficient (Wildman–Crippen LogP) is 3.83. The van der Waals surface area contributed by atoms with E-state index in [-0.39, 0.29) is 51.3 Å². The van der Waals surface area contributed by atoms with E-state index in [9.17, 15) is 24.3 Å². The molecule has 41 heavy (non-hydrogen) atoms. The van der Waals surface area contributed by atoms with E-state index in [0.29, 0.717) is 16.1 Å². The highest BCUT2D eigenvalue weighted by molar-refractivity contribution is 7.99. The fourth-order valence-electron chi connectivity index (χ4n) is 4.97. The number of rotatable bonds is 10. The molecule has 1 atom stereocenters. The Bertz CT molecular complexity index is 1220. The lowest BCUT2D eigenvalue weighted by molar-refractivity contribution is -0.138. The molecule has 1 saturated carbocycles. The molecule has 2 heterocycles. The summed E-state index contributed by atoms with van der Waals surface area (Å²) in [6, 6.07) is 9.99. The first-order valence-electron chi connectivity index (χ1n) is 14.2. The molecule has 220 valence electrons. The van der Waals surface area contributed by atoms with Gasteiger partial charge >= 0.3 is 12.1 Å². The van der Waals surface area contributed by atoms with Gasteiger partial charge in [0.15, 0.2) is 5.82 Å². The second-order valence-electron chi connectivity index (χ2n) is 10.1. The Morgan fingerprint density at radius 2 is 1.71 bits per heavy atom. The van der Waals surface area contributed by atoms with Crippen molar-refractivity contribution >= 4 is 35.6 Å². The lowest BCUT2D eigenvalue weighted by Crippen LogP contribution is -2.56. The van der Waals surface area contributed by atoms with Gasteiger partial charge in [-0.05, 0) is 26.2 Å². The molecule has 0 spiro atoms. The van der Waals surface area contributed by atoms with E-state index in [4.69, 9.17) is 9.72 Å². The zero-order chi connectivity index (χ0) is 29.2. The number of carbonyl (C=O) groups is 4. The Hall–Kier alpha value is -3.67. The number of piperazine rings is 1. The molecule has 3 amide bonds. The number of hydrogen-bond donors (Lipinski definition) is 2. The van der Waals surface area contributed by atoms with Crippen LogP contribution in [-0.2, 0) is 14.3 Å². The van der Waals surface area contributed by atoms with E-state index in [1.165, 1.54) is 24.2 Å². The molecule has 2 aliphatic rings. The predicted molar refractivity (Wildman–Crippen MR) is 153 cm³/mol. The molecule has 1 aromatic heterocycles. The van der Waals surface area contributed by atoms with Crippen molar-refractivity contribution in [3.05, 3.63) is 42.1 Å². The number of carboxylic acids is 1. The first kappa shape index (κ1) is 30.3. The average molecular weight is 584 g/mol. The van der Waals surface area contributed by atoms with Crippen molar-refractivity contribution in [3.63, 3.8) is 0 Å². The number of ether oxygens (including phenoxy) is 1. The number of benzene rings is 1. The third kappa shape index (κ3) is 8.66. The van der Waals surface area contributed by atoms with E-state index >= 15 is 0 Å². The molecule has 1 aliphatic heterocycles. The van der Waals surface area contributed by atoms with E-state index in [2.05, 4.69) is 10.3 Å². The molecule has 1 unspecified atom stereocenters. The lowest BCUT2D eigenvalue weighted by atomic mass is 10.0. The highest BCUT2D eigenvalue weighted by Crippen LogP contribution is 2.33. The summed E-state index contributed by atoms with van der Waals surface area (Å²) in [6.07, 6.45) is 4.95. The van der Waals surface area contributed by atoms with Crippen LogP contribution in [0.4, 0.5) is 4.79 Å². The van der Waals surface area contributed by atoms with Gasteiger partial charge in [0.05, 0.1) is 6.61 Å². The number of carboxylic acid groups (broad SMARTS) is 1. The summed E-state index contributed by atoms with van der Waals surface area (Å²) < 4.78 is 5.04. The molecule has 2 N–H and O–H groups in total. The number of aromatic nitrogens is 2.